The third-order valence-corrected chi connectivity index (χ3v) is 4.49. The lowest BCUT2D eigenvalue weighted by molar-refractivity contribution is -0.123. The number of hydrazone groups is 1. The van der Waals surface area contributed by atoms with Crippen LogP contribution in [-0.2, 0) is 4.79 Å². The van der Waals surface area contributed by atoms with Crippen LogP contribution in [0, 0.1) is 0 Å². The Morgan fingerprint density at radius 2 is 1.74 bits per heavy atom. The molecule has 0 fully saturated rings. The van der Waals surface area contributed by atoms with E-state index in [0.29, 0.717) is 5.75 Å². The summed E-state index contributed by atoms with van der Waals surface area (Å²) in [4.78, 5) is 11.9. The Bertz CT molecular complexity index is 710. The third kappa shape index (κ3) is 5.44. The summed E-state index contributed by atoms with van der Waals surface area (Å²) in [6.45, 7) is 1.70. The van der Waals surface area contributed by atoms with E-state index in [4.69, 9.17) is 4.74 Å². The molecule has 2 rings (SSSR count). The smallest absolute Gasteiger partial charge is 0.277 e. The first-order valence-electron chi connectivity index (χ1n) is 6.63. The number of halogens is 3. The molecule has 2 aromatic carbocycles. The minimum atomic E-state index is -0.331. The van der Waals surface area contributed by atoms with Gasteiger partial charge in [0, 0.05) is 4.47 Å². The standard InChI is InChI=1S/C16H13Br3N2O2/c1-10(11-5-3-2-4-6-11)20-21-15(22)9-23-16-13(18)7-12(17)8-14(16)19/h2-8H,9H2,1H3,(H,21,22)/b20-10-. The van der Waals surface area contributed by atoms with Gasteiger partial charge in [-0.3, -0.25) is 4.79 Å². The van der Waals surface area contributed by atoms with Crippen molar-refractivity contribution in [1.82, 2.24) is 5.43 Å². The van der Waals surface area contributed by atoms with Crippen LogP contribution in [0.1, 0.15) is 12.5 Å². The van der Waals surface area contributed by atoms with Crippen molar-refractivity contribution < 1.29 is 9.53 Å². The number of benzene rings is 2. The van der Waals surface area contributed by atoms with Crippen LogP contribution in [0.5, 0.6) is 5.75 Å². The second-order valence-electron chi connectivity index (χ2n) is 4.59. The number of ether oxygens (including phenoxy) is 1. The Morgan fingerprint density at radius 3 is 2.35 bits per heavy atom. The van der Waals surface area contributed by atoms with Crippen molar-refractivity contribution in [3.63, 3.8) is 0 Å². The highest BCUT2D eigenvalue weighted by molar-refractivity contribution is 9.11. The summed E-state index contributed by atoms with van der Waals surface area (Å²) in [7, 11) is 0. The fourth-order valence-corrected chi connectivity index (χ4v) is 4.21. The molecular formula is C16H13Br3N2O2. The summed E-state index contributed by atoms with van der Waals surface area (Å²) in [5.41, 5.74) is 4.16. The summed E-state index contributed by atoms with van der Waals surface area (Å²) >= 11 is 10.2. The molecule has 1 N–H and O–H groups in total. The Morgan fingerprint density at radius 1 is 1.13 bits per heavy atom. The predicted molar refractivity (Wildman–Crippen MR) is 102 cm³/mol. The van der Waals surface area contributed by atoms with Crippen molar-refractivity contribution in [1.29, 1.82) is 0 Å². The molecule has 1 amide bonds. The zero-order valence-corrected chi connectivity index (χ0v) is 16.9. The first-order chi connectivity index (χ1) is 11.0. The first kappa shape index (κ1) is 18.2. The first-order valence-corrected chi connectivity index (χ1v) is 9.01. The van der Waals surface area contributed by atoms with Gasteiger partial charge in [-0.25, -0.2) is 5.43 Å². The highest BCUT2D eigenvalue weighted by atomic mass is 79.9. The van der Waals surface area contributed by atoms with E-state index in [-0.39, 0.29) is 12.5 Å². The second kappa shape index (κ2) is 8.61. The summed E-state index contributed by atoms with van der Waals surface area (Å²) in [6, 6.07) is 13.3. The van der Waals surface area contributed by atoms with E-state index in [1.165, 1.54) is 0 Å². The maximum atomic E-state index is 11.9. The number of carbonyl (C=O) groups is 1. The van der Waals surface area contributed by atoms with Gasteiger partial charge in [0.05, 0.1) is 14.7 Å². The van der Waals surface area contributed by atoms with E-state index in [1.54, 1.807) is 0 Å². The fraction of sp³-hybridized carbons (Fsp3) is 0.125. The lowest BCUT2D eigenvalue weighted by atomic mass is 10.1. The normalized spacial score (nSPS) is 11.2. The Kier molecular flexibility index (Phi) is 6.80. The summed E-state index contributed by atoms with van der Waals surface area (Å²) in [5.74, 6) is 0.231. The number of hydrogen-bond acceptors (Lipinski definition) is 3. The monoisotopic (exact) mass is 502 g/mol. The van der Waals surface area contributed by atoms with E-state index in [9.17, 15) is 4.79 Å². The van der Waals surface area contributed by atoms with Gasteiger partial charge >= 0.3 is 0 Å². The van der Waals surface area contributed by atoms with Crippen LogP contribution in [0.25, 0.3) is 0 Å². The molecular weight excluding hydrogens is 492 g/mol. The molecule has 0 unspecified atom stereocenters. The average Bonchev–Trinajstić information content (AvgIpc) is 2.52. The summed E-state index contributed by atoms with van der Waals surface area (Å²) < 4.78 is 7.92. The Labute approximate surface area is 159 Å². The summed E-state index contributed by atoms with van der Waals surface area (Å²) in [5, 5.41) is 4.07. The SMILES string of the molecule is C/C(=N/NC(=O)COc1c(Br)cc(Br)cc1Br)c1ccccc1. The van der Waals surface area contributed by atoms with Crippen LogP contribution in [0.15, 0.2) is 61.0 Å². The van der Waals surface area contributed by atoms with Gasteiger partial charge in [-0.15, -0.1) is 0 Å². The van der Waals surface area contributed by atoms with Gasteiger partial charge < -0.3 is 4.74 Å². The van der Waals surface area contributed by atoms with Crippen LogP contribution < -0.4 is 10.2 Å². The van der Waals surface area contributed by atoms with E-state index in [0.717, 1.165) is 24.7 Å². The molecule has 0 saturated heterocycles. The van der Waals surface area contributed by atoms with Crippen molar-refractivity contribution in [3.8, 4) is 5.75 Å². The fourth-order valence-electron chi connectivity index (χ4n) is 1.73. The van der Waals surface area contributed by atoms with Crippen LogP contribution in [0.2, 0.25) is 0 Å². The number of hydrogen-bond donors (Lipinski definition) is 1. The largest absolute Gasteiger partial charge is 0.481 e. The lowest BCUT2D eigenvalue weighted by Crippen LogP contribution is -2.25. The quantitative estimate of drug-likeness (QED) is 0.465. The molecule has 0 saturated carbocycles. The molecule has 0 aliphatic rings. The minimum absolute atomic E-state index is 0.135. The van der Waals surface area contributed by atoms with E-state index < -0.39 is 0 Å². The molecule has 2 aromatic rings. The highest BCUT2D eigenvalue weighted by Crippen LogP contribution is 2.36. The molecule has 0 bridgehead atoms. The minimum Gasteiger partial charge on any atom is -0.481 e. The molecule has 4 nitrogen and oxygen atoms in total. The van der Waals surface area contributed by atoms with Gasteiger partial charge in [0.1, 0.15) is 5.75 Å². The van der Waals surface area contributed by atoms with Crippen LogP contribution in [-0.4, -0.2) is 18.2 Å². The zero-order valence-electron chi connectivity index (χ0n) is 12.1. The average molecular weight is 505 g/mol. The van der Waals surface area contributed by atoms with E-state index in [2.05, 4.69) is 58.3 Å². The number of rotatable bonds is 5. The number of carbonyl (C=O) groups excluding carboxylic acids is 1. The molecule has 7 heteroatoms. The molecule has 23 heavy (non-hydrogen) atoms. The van der Waals surface area contributed by atoms with Gasteiger partial charge in [-0.1, -0.05) is 46.3 Å². The molecule has 0 spiro atoms. The van der Waals surface area contributed by atoms with Gasteiger partial charge in [-0.05, 0) is 56.5 Å². The molecule has 0 radical (unpaired) electrons. The zero-order chi connectivity index (χ0) is 16.8. The maximum Gasteiger partial charge on any atom is 0.277 e. The second-order valence-corrected chi connectivity index (χ2v) is 7.21. The molecule has 0 aliphatic carbocycles. The number of amides is 1. The molecule has 0 aromatic heterocycles. The van der Waals surface area contributed by atoms with Crippen molar-refractivity contribution in [2.75, 3.05) is 6.61 Å². The molecule has 0 atom stereocenters. The Balaban J connectivity index is 1.94. The van der Waals surface area contributed by atoms with Crippen molar-refractivity contribution in [2.24, 2.45) is 5.10 Å². The third-order valence-electron chi connectivity index (χ3n) is 2.85. The van der Waals surface area contributed by atoms with Crippen LogP contribution >= 0.6 is 47.8 Å². The summed E-state index contributed by atoms with van der Waals surface area (Å²) in [6.07, 6.45) is 0. The lowest BCUT2D eigenvalue weighted by Gasteiger charge is -2.10. The molecule has 120 valence electrons. The van der Waals surface area contributed by atoms with E-state index in [1.807, 2.05) is 49.4 Å². The van der Waals surface area contributed by atoms with Gasteiger partial charge in [0.25, 0.3) is 5.91 Å². The van der Waals surface area contributed by atoms with Crippen LogP contribution in [0.4, 0.5) is 0 Å². The van der Waals surface area contributed by atoms with Crippen molar-refractivity contribution in [3.05, 3.63) is 61.4 Å². The van der Waals surface area contributed by atoms with E-state index >= 15 is 0 Å². The highest BCUT2D eigenvalue weighted by Gasteiger charge is 2.10. The van der Waals surface area contributed by atoms with Gasteiger partial charge in [0.2, 0.25) is 0 Å². The Hall–Kier alpha value is -1.18. The number of nitrogens with zero attached hydrogens (tertiary/aromatic N) is 1. The van der Waals surface area contributed by atoms with Crippen LogP contribution in [0.3, 0.4) is 0 Å². The van der Waals surface area contributed by atoms with Crippen molar-refractivity contribution in [2.45, 2.75) is 6.92 Å². The topological polar surface area (TPSA) is 50.7 Å². The maximum absolute atomic E-state index is 11.9. The predicted octanol–water partition coefficient (Wildman–Crippen LogP) is 4.89. The van der Waals surface area contributed by atoms with Gasteiger partial charge in [-0.2, -0.15) is 5.10 Å². The van der Waals surface area contributed by atoms with Crippen molar-refractivity contribution >= 4 is 59.4 Å². The molecule has 0 heterocycles. The van der Waals surface area contributed by atoms with Gasteiger partial charge in [0.15, 0.2) is 6.61 Å². The number of nitrogens with one attached hydrogen (secondary N) is 1. The molecule has 0 aliphatic heterocycles.